The summed E-state index contributed by atoms with van der Waals surface area (Å²) in [5, 5.41) is 29.7. The van der Waals surface area contributed by atoms with Crippen LogP contribution in [0.5, 0.6) is 0 Å². The first-order valence-electron chi connectivity index (χ1n) is 11.3. The Morgan fingerprint density at radius 2 is 1.91 bits per heavy atom. The Balaban J connectivity index is 1.34. The number of carbonyl (C=O) groups excluding carboxylic acids is 1. The lowest BCUT2D eigenvalue weighted by molar-refractivity contribution is -0.115. The van der Waals surface area contributed by atoms with Gasteiger partial charge in [-0.3, -0.25) is 14.9 Å². The Hall–Kier alpha value is -2.94. The summed E-state index contributed by atoms with van der Waals surface area (Å²) in [7, 11) is 0. The minimum atomic E-state index is -0.874. The lowest BCUT2D eigenvalue weighted by Gasteiger charge is -2.37. The normalized spacial score (nSPS) is 25.4. The van der Waals surface area contributed by atoms with Crippen molar-refractivity contribution in [3.05, 3.63) is 41.3 Å². The number of carbonyl (C=O) groups is 2. The summed E-state index contributed by atoms with van der Waals surface area (Å²) in [4.78, 5) is 30.1. The number of aliphatic hydroxyl groups is 1. The number of anilines is 1. The number of rotatable bonds is 6. The highest BCUT2D eigenvalue weighted by molar-refractivity contribution is 5.91. The third-order valence-corrected chi connectivity index (χ3v) is 6.71. The number of amides is 2. The lowest BCUT2D eigenvalue weighted by atomic mass is 9.91. The lowest BCUT2D eigenvalue weighted by Crippen LogP contribution is -2.47. The van der Waals surface area contributed by atoms with E-state index in [2.05, 4.69) is 20.5 Å². The number of aromatic amines is 1. The molecule has 2 aromatic rings. The molecule has 2 atom stereocenters. The minimum absolute atomic E-state index is 0.0203. The van der Waals surface area contributed by atoms with E-state index in [0.29, 0.717) is 31.5 Å². The van der Waals surface area contributed by atoms with E-state index in [1.54, 1.807) is 11.1 Å². The van der Waals surface area contributed by atoms with Crippen molar-refractivity contribution < 1.29 is 19.8 Å². The molecule has 4 N–H and O–H groups in total. The van der Waals surface area contributed by atoms with Gasteiger partial charge >= 0.3 is 6.09 Å². The Bertz CT molecular complexity index is 953. The Morgan fingerprint density at radius 1 is 1.16 bits per heavy atom. The van der Waals surface area contributed by atoms with Gasteiger partial charge < -0.3 is 20.4 Å². The van der Waals surface area contributed by atoms with Crippen LogP contribution in [0.3, 0.4) is 0 Å². The first-order valence-corrected chi connectivity index (χ1v) is 11.3. The van der Waals surface area contributed by atoms with Gasteiger partial charge in [0.15, 0.2) is 5.82 Å². The van der Waals surface area contributed by atoms with Gasteiger partial charge in [0.05, 0.1) is 12.5 Å². The number of aromatic nitrogens is 3. The van der Waals surface area contributed by atoms with Crippen molar-refractivity contribution in [2.45, 2.75) is 82.4 Å². The standard InChI is InChI=1S/C23H31N5O4/c1-14-10-15(8-9-24-14)11-22(30)25-21-13-20(26-27-21)16-2-3-18(12-16)28(23(31)32)17-4-6-19(29)7-5-17/h8-10,13,16-19,29H,2-7,11-12H2,1H3,(H,31,32)(H2,25,26,27,30)/t16-,17-,18+,19+/m1/s1. The number of aliphatic hydroxyl groups excluding tert-OH is 1. The third-order valence-electron chi connectivity index (χ3n) is 6.71. The van der Waals surface area contributed by atoms with Crippen molar-refractivity contribution in [1.29, 1.82) is 0 Å². The molecule has 2 fully saturated rings. The van der Waals surface area contributed by atoms with Crippen molar-refractivity contribution in [1.82, 2.24) is 20.1 Å². The van der Waals surface area contributed by atoms with Crippen molar-refractivity contribution >= 4 is 17.8 Å². The maximum absolute atomic E-state index is 12.4. The van der Waals surface area contributed by atoms with E-state index in [0.717, 1.165) is 36.2 Å². The molecule has 2 aromatic heterocycles. The first kappa shape index (κ1) is 22.3. The van der Waals surface area contributed by atoms with Crippen LogP contribution in [0.2, 0.25) is 0 Å². The largest absolute Gasteiger partial charge is 0.465 e. The number of pyridine rings is 1. The van der Waals surface area contributed by atoms with Gasteiger partial charge in [-0.05, 0) is 69.6 Å². The summed E-state index contributed by atoms with van der Waals surface area (Å²) in [5.74, 6) is 0.516. The molecule has 172 valence electrons. The first-order chi connectivity index (χ1) is 15.4. The summed E-state index contributed by atoms with van der Waals surface area (Å²) in [6.07, 6.45) is 5.92. The summed E-state index contributed by atoms with van der Waals surface area (Å²) >= 11 is 0. The topological polar surface area (TPSA) is 131 Å². The van der Waals surface area contributed by atoms with Gasteiger partial charge in [0.25, 0.3) is 0 Å². The van der Waals surface area contributed by atoms with Crippen LogP contribution in [0.25, 0.3) is 0 Å². The van der Waals surface area contributed by atoms with Gasteiger partial charge in [0, 0.05) is 41.7 Å². The van der Waals surface area contributed by atoms with Crippen LogP contribution in [0.4, 0.5) is 10.6 Å². The molecular weight excluding hydrogens is 410 g/mol. The van der Waals surface area contributed by atoms with Gasteiger partial charge in [0.2, 0.25) is 5.91 Å². The maximum atomic E-state index is 12.4. The van der Waals surface area contributed by atoms with Crippen LogP contribution in [0.1, 0.15) is 67.8 Å². The van der Waals surface area contributed by atoms with Crippen LogP contribution in [-0.4, -0.2) is 60.5 Å². The second kappa shape index (κ2) is 9.68. The fraction of sp³-hybridized carbons (Fsp3) is 0.565. The van der Waals surface area contributed by atoms with E-state index in [4.69, 9.17) is 0 Å². The Kier molecular flexibility index (Phi) is 6.74. The number of hydrogen-bond donors (Lipinski definition) is 4. The highest BCUT2D eigenvalue weighted by Gasteiger charge is 2.38. The molecule has 0 aliphatic heterocycles. The van der Waals surface area contributed by atoms with Gasteiger partial charge in [-0.25, -0.2) is 4.79 Å². The molecule has 0 aromatic carbocycles. The number of nitrogens with one attached hydrogen (secondary N) is 2. The molecule has 2 aliphatic carbocycles. The second-order valence-corrected chi connectivity index (χ2v) is 9.05. The number of nitrogens with zero attached hydrogens (tertiary/aromatic N) is 3. The fourth-order valence-corrected chi connectivity index (χ4v) is 5.14. The van der Waals surface area contributed by atoms with E-state index in [1.807, 2.05) is 25.1 Å². The number of hydrogen-bond acceptors (Lipinski definition) is 5. The fourth-order valence-electron chi connectivity index (χ4n) is 5.14. The second-order valence-electron chi connectivity index (χ2n) is 9.05. The molecule has 9 nitrogen and oxygen atoms in total. The maximum Gasteiger partial charge on any atom is 0.407 e. The molecule has 2 saturated carbocycles. The zero-order chi connectivity index (χ0) is 22.7. The van der Waals surface area contributed by atoms with Crippen LogP contribution >= 0.6 is 0 Å². The highest BCUT2D eigenvalue weighted by Crippen LogP contribution is 2.39. The quantitative estimate of drug-likeness (QED) is 0.544. The predicted molar refractivity (Wildman–Crippen MR) is 118 cm³/mol. The zero-order valence-corrected chi connectivity index (χ0v) is 18.3. The summed E-state index contributed by atoms with van der Waals surface area (Å²) in [6, 6.07) is 5.50. The van der Waals surface area contributed by atoms with Crippen LogP contribution in [0.15, 0.2) is 24.4 Å². The smallest absolute Gasteiger partial charge is 0.407 e. The molecule has 0 unspecified atom stereocenters. The molecule has 9 heteroatoms. The number of carboxylic acid groups (broad SMARTS) is 1. The van der Waals surface area contributed by atoms with Crippen molar-refractivity contribution in [2.24, 2.45) is 0 Å². The summed E-state index contributed by atoms with van der Waals surface area (Å²) in [5.41, 5.74) is 2.69. The average Bonchev–Trinajstić information content (AvgIpc) is 3.39. The van der Waals surface area contributed by atoms with E-state index in [9.17, 15) is 19.8 Å². The zero-order valence-electron chi connectivity index (χ0n) is 18.3. The van der Waals surface area contributed by atoms with Gasteiger partial charge in [-0.1, -0.05) is 0 Å². The Labute approximate surface area is 187 Å². The Morgan fingerprint density at radius 3 is 2.62 bits per heavy atom. The molecule has 2 amide bonds. The molecule has 0 radical (unpaired) electrons. The van der Waals surface area contributed by atoms with E-state index < -0.39 is 6.09 Å². The molecule has 0 spiro atoms. The summed E-state index contributed by atoms with van der Waals surface area (Å²) < 4.78 is 0. The van der Waals surface area contributed by atoms with Crippen LogP contribution in [0, 0.1) is 6.92 Å². The molecule has 32 heavy (non-hydrogen) atoms. The monoisotopic (exact) mass is 441 g/mol. The van der Waals surface area contributed by atoms with Crippen LogP contribution in [-0.2, 0) is 11.2 Å². The van der Waals surface area contributed by atoms with E-state index >= 15 is 0 Å². The molecule has 2 heterocycles. The number of aryl methyl sites for hydroxylation is 1. The van der Waals surface area contributed by atoms with Crippen LogP contribution < -0.4 is 5.32 Å². The molecule has 0 saturated heterocycles. The SMILES string of the molecule is Cc1cc(CC(=O)Nc2cc([C@@H]3CC[C@H](N(C(=O)O)[C@H]4CC[C@@H](O)CC4)C3)[nH]n2)ccn1. The average molecular weight is 442 g/mol. The van der Waals surface area contributed by atoms with Crippen molar-refractivity contribution in [2.75, 3.05) is 5.32 Å². The van der Waals surface area contributed by atoms with Crippen molar-refractivity contribution in [3.8, 4) is 0 Å². The molecule has 4 rings (SSSR count). The molecule has 2 aliphatic rings. The number of H-pyrrole nitrogens is 1. The van der Waals surface area contributed by atoms with E-state index in [-0.39, 0.29) is 36.4 Å². The van der Waals surface area contributed by atoms with E-state index in [1.165, 1.54) is 0 Å². The van der Waals surface area contributed by atoms with Crippen molar-refractivity contribution in [3.63, 3.8) is 0 Å². The highest BCUT2D eigenvalue weighted by atomic mass is 16.4. The van der Waals surface area contributed by atoms with Gasteiger partial charge in [0.1, 0.15) is 0 Å². The molecule has 0 bridgehead atoms. The van der Waals surface area contributed by atoms with Gasteiger partial charge in [-0.15, -0.1) is 0 Å². The molecular formula is C23H31N5O4. The summed E-state index contributed by atoms with van der Waals surface area (Å²) in [6.45, 7) is 1.89. The minimum Gasteiger partial charge on any atom is -0.465 e. The predicted octanol–water partition coefficient (Wildman–Crippen LogP) is 3.21. The van der Waals surface area contributed by atoms with Gasteiger partial charge in [-0.2, -0.15) is 5.10 Å². The third kappa shape index (κ3) is 5.27.